The Morgan fingerprint density at radius 1 is 1.35 bits per heavy atom. The van der Waals surface area contributed by atoms with Gasteiger partial charge < -0.3 is 15.8 Å². The lowest BCUT2D eigenvalue weighted by atomic mass is 10.0. The van der Waals surface area contributed by atoms with E-state index in [-0.39, 0.29) is 6.04 Å². The molecule has 0 aliphatic carbocycles. The summed E-state index contributed by atoms with van der Waals surface area (Å²) in [5.74, 6) is 1.17. The first-order chi connectivity index (χ1) is 8.00. The van der Waals surface area contributed by atoms with Crippen molar-refractivity contribution in [1.29, 1.82) is 0 Å². The molecule has 0 fully saturated rings. The van der Waals surface area contributed by atoms with Gasteiger partial charge in [-0.15, -0.1) is 0 Å². The Bertz CT molecular complexity index is 518. The number of imidazole rings is 1. The third-order valence-electron chi connectivity index (χ3n) is 2.81. The molecule has 0 aliphatic rings. The minimum absolute atomic E-state index is 0.296. The van der Waals surface area contributed by atoms with Gasteiger partial charge in [0.25, 0.3) is 0 Å². The highest BCUT2D eigenvalue weighted by Crippen LogP contribution is 2.24. The molecule has 5 heteroatoms. The maximum atomic E-state index is 10.0. The molecule has 17 heavy (non-hydrogen) atoms. The number of nitrogens with two attached hydrogens (primary N) is 1. The van der Waals surface area contributed by atoms with Crippen LogP contribution < -0.4 is 5.73 Å². The second-order valence-corrected chi connectivity index (χ2v) is 4.68. The van der Waals surface area contributed by atoms with E-state index in [2.05, 4.69) is 28.8 Å². The fourth-order valence-electron chi connectivity index (χ4n) is 1.75. The first kappa shape index (κ1) is 12.0. The molecule has 5 nitrogen and oxygen atoms in total. The zero-order chi connectivity index (χ0) is 12.6. The molecule has 2 heterocycles. The predicted molar refractivity (Wildman–Crippen MR) is 66.6 cm³/mol. The van der Waals surface area contributed by atoms with E-state index in [1.54, 1.807) is 19.2 Å². The SMILES string of the molecule is CC(C)c1nc2nccc(C(O)C(C)N)c2[nH]1. The van der Waals surface area contributed by atoms with Crippen LogP contribution in [0.15, 0.2) is 12.3 Å². The molecule has 0 aliphatic heterocycles. The summed E-state index contributed by atoms with van der Waals surface area (Å²) < 4.78 is 0. The highest BCUT2D eigenvalue weighted by molar-refractivity contribution is 5.75. The van der Waals surface area contributed by atoms with Gasteiger partial charge in [-0.1, -0.05) is 13.8 Å². The van der Waals surface area contributed by atoms with E-state index in [1.165, 1.54) is 0 Å². The summed E-state index contributed by atoms with van der Waals surface area (Å²) in [5.41, 5.74) is 7.88. The molecule has 0 bridgehead atoms. The highest BCUT2D eigenvalue weighted by atomic mass is 16.3. The zero-order valence-corrected chi connectivity index (χ0v) is 10.3. The maximum Gasteiger partial charge on any atom is 0.178 e. The maximum absolute atomic E-state index is 10.0. The van der Waals surface area contributed by atoms with Crippen molar-refractivity contribution >= 4 is 11.2 Å². The van der Waals surface area contributed by atoms with E-state index in [4.69, 9.17) is 5.73 Å². The van der Waals surface area contributed by atoms with Gasteiger partial charge in [0.2, 0.25) is 0 Å². The van der Waals surface area contributed by atoms with Gasteiger partial charge in [0.05, 0.1) is 11.6 Å². The number of rotatable bonds is 3. The molecule has 0 saturated heterocycles. The Balaban J connectivity index is 2.56. The van der Waals surface area contributed by atoms with Crippen LogP contribution in [0.1, 0.15) is 44.2 Å². The van der Waals surface area contributed by atoms with Crippen LogP contribution in [0.5, 0.6) is 0 Å². The fourth-order valence-corrected chi connectivity index (χ4v) is 1.75. The van der Waals surface area contributed by atoms with Gasteiger partial charge in [-0.05, 0) is 13.0 Å². The first-order valence-electron chi connectivity index (χ1n) is 5.79. The molecule has 2 aromatic heterocycles. The molecule has 2 aromatic rings. The van der Waals surface area contributed by atoms with Gasteiger partial charge in [-0.25, -0.2) is 9.97 Å². The summed E-state index contributed by atoms with van der Waals surface area (Å²) in [6.45, 7) is 5.88. The number of aromatic amines is 1. The zero-order valence-electron chi connectivity index (χ0n) is 10.3. The molecule has 2 unspecified atom stereocenters. The lowest BCUT2D eigenvalue weighted by molar-refractivity contribution is 0.154. The number of aliphatic hydroxyl groups is 1. The molecular formula is C12H18N4O. The van der Waals surface area contributed by atoms with Crippen LogP contribution in [0, 0.1) is 0 Å². The Morgan fingerprint density at radius 2 is 2.06 bits per heavy atom. The summed E-state index contributed by atoms with van der Waals surface area (Å²) in [6.07, 6.45) is 0.940. The minimum atomic E-state index is -0.707. The van der Waals surface area contributed by atoms with Crippen molar-refractivity contribution < 1.29 is 5.11 Å². The van der Waals surface area contributed by atoms with E-state index < -0.39 is 6.10 Å². The number of fused-ring (bicyclic) bond motifs is 1. The number of aromatic nitrogens is 3. The Kier molecular flexibility index (Phi) is 3.13. The summed E-state index contributed by atoms with van der Waals surface area (Å²) in [6, 6.07) is 1.45. The van der Waals surface area contributed by atoms with Crippen LogP contribution in [0.25, 0.3) is 11.2 Å². The van der Waals surface area contributed by atoms with Crippen LogP contribution >= 0.6 is 0 Å². The summed E-state index contributed by atoms with van der Waals surface area (Å²) in [7, 11) is 0. The third kappa shape index (κ3) is 2.16. The average molecular weight is 234 g/mol. The summed E-state index contributed by atoms with van der Waals surface area (Å²) >= 11 is 0. The van der Waals surface area contributed by atoms with E-state index in [0.717, 1.165) is 16.9 Å². The number of hydrogen-bond acceptors (Lipinski definition) is 4. The molecular weight excluding hydrogens is 216 g/mol. The minimum Gasteiger partial charge on any atom is -0.387 e. The molecule has 0 spiro atoms. The molecule has 0 radical (unpaired) electrons. The van der Waals surface area contributed by atoms with Crippen molar-refractivity contribution in [2.45, 2.75) is 38.8 Å². The smallest absolute Gasteiger partial charge is 0.178 e. The second kappa shape index (κ2) is 4.43. The van der Waals surface area contributed by atoms with Crippen LogP contribution in [0.4, 0.5) is 0 Å². The van der Waals surface area contributed by atoms with Crippen LogP contribution in [0.3, 0.4) is 0 Å². The van der Waals surface area contributed by atoms with E-state index in [1.807, 2.05) is 0 Å². The van der Waals surface area contributed by atoms with Crippen molar-refractivity contribution in [3.05, 3.63) is 23.7 Å². The molecule has 92 valence electrons. The van der Waals surface area contributed by atoms with Gasteiger partial charge in [0, 0.05) is 23.7 Å². The van der Waals surface area contributed by atoms with E-state index >= 15 is 0 Å². The predicted octanol–water partition coefficient (Wildman–Crippen LogP) is 1.46. The second-order valence-electron chi connectivity index (χ2n) is 4.68. The molecule has 2 atom stereocenters. The van der Waals surface area contributed by atoms with Crippen molar-refractivity contribution in [3.8, 4) is 0 Å². The Labute approximate surface area is 100 Å². The number of hydrogen-bond donors (Lipinski definition) is 3. The van der Waals surface area contributed by atoms with Gasteiger partial charge in [-0.3, -0.25) is 0 Å². The summed E-state index contributed by atoms with van der Waals surface area (Å²) in [5, 5.41) is 10.0. The number of aliphatic hydroxyl groups excluding tert-OH is 1. The summed E-state index contributed by atoms with van der Waals surface area (Å²) in [4.78, 5) is 11.8. The van der Waals surface area contributed by atoms with Crippen molar-refractivity contribution in [1.82, 2.24) is 15.0 Å². The monoisotopic (exact) mass is 234 g/mol. The number of H-pyrrole nitrogens is 1. The molecule has 2 rings (SSSR count). The highest BCUT2D eigenvalue weighted by Gasteiger charge is 2.18. The number of pyridine rings is 1. The largest absolute Gasteiger partial charge is 0.387 e. The van der Waals surface area contributed by atoms with Crippen LogP contribution in [-0.4, -0.2) is 26.1 Å². The lowest BCUT2D eigenvalue weighted by Gasteiger charge is -2.14. The molecule has 0 amide bonds. The average Bonchev–Trinajstić information content (AvgIpc) is 2.71. The topological polar surface area (TPSA) is 87.8 Å². The Hall–Kier alpha value is -1.46. The van der Waals surface area contributed by atoms with Crippen molar-refractivity contribution in [2.75, 3.05) is 0 Å². The van der Waals surface area contributed by atoms with Gasteiger partial charge in [0.15, 0.2) is 5.65 Å². The van der Waals surface area contributed by atoms with Gasteiger partial charge in [-0.2, -0.15) is 0 Å². The normalized spacial score (nSPS) is 15.4. The van der Waals surface area contributed by atoms with Crippen molar-refractivity contribution in [3.63, 3.8) is 0 Å². The Morgan fingerprint density at radius 3 is 2.65 bits per heavy atom. The quantitative estimate of drug-likeness (QED) is 0.750. The van der Waals surface area contributed by atoms with Crippen LogP contribution in [0.2, 0.25) is 0 Å². The van der Waals surface area contributed by atoms with Gasteiger partial charge in [0.1, 0.15) is 5.82 Å². The number of nitrogens with zero attached hydrogens (tertiary/aromatic N) is 2. The van der Waals surface area contributed by atoms with Crippen LogP contribution in [-0.2, 0) is 0 Å². The molecule has 4 N–H and O–H groups in total. The third-order valence-corrected chi connectivity index (χ3v) is 2.81. The fraction of sp³-hybridized carbons (Fsp3) is 0.500. The molecule has 0 aromatic carbocycles. The molecule has 0 saturated carbocycles. The van der Waals surface area contributed by atoms with Crippen molar-refractivity contribution in [2.24, 2.45) is 5.73 Å². The van der Waals surface area contributed by atoms with Gasteiger partial charge >= 0.3 is 0 Å². The first-order valence-corrected chi connectivity index (χ1v) is 5.79. The standard InChI is InChI=1S/C12H18N4O/c1-6(2)11-15-9-8(10(17)7(3)13)4-5-14-12(9)16-11/h4-7,10,17H,13H2,1-3H3,(H,14,15,16). The van der Waals surface area contributed by atoms with E-state index in [0.29, 0.717) is 11.6 Å². The number of nitrogens with one attached hydrogen (secondary N) is 1. The lowest BCUT2D eigenvalue weighted by Crippen LogP contribution is -2.24. The van der Waals surface area contributed by atoms with E-state index in [9.17, 15) is 5.11 Å².